The fourth-order valence-electron chi connectivity index (χ4n) is 1.90. The Balaban J connectivity index is 2.40. The Kier molecular flexibility index (Phi) is 4.94. The standard InChI is InChI=1S/C16H17O4P/c1-3-15(17)14-11-7-8-12-16(14)20-21(18,19-2)13-9-5-4-6-10-13/h4-12H,3H2,1-2H3. The van der Waals surface area contributed by atoms with Crippen molar-refractivity contribution in [1.29, 1.82) is 0 Å². The Morgan fingerprint density at radius 2 is 1.67 bits per heavy atom. The van der Waals surface area contributed by atoms with E-state index < -0.39 is 7.60 Å². The number of Topliss-reactive ketones (excluding diaryl/α,β-unsaturated/α-hetero) is 1. The first-order valence-electron chi connectivity index (χ1n) is 6.64. The van der Waals surface area contributed by atoms with Crippen LogP contribution in [-0.4, -0.2) is 12.9 Å². The van der Waals surface area contributed by atoms with E-state index in [1.807, 2.05) is 6.07 Å². The van der Waals surface area contributed by atoms with Crippen LogP contribution in [0, 0.1) is 0 Å². The first-order chi connectivity index (χ1) is 10.1. The summed E-state index contributed by atoms with van der Waals surface area (Å²) in [7, 11) is -2.17. The van der Waals surface area contributed by atoms with Crippen molar-refractivity contribution in [2.24, 2.45) is 0 Å². The van der Waals surface area contributed by atoms with Crippen molar-refractivity contribution in [2.75, 3.05) is 7.11 Å². The lowest BCUT2D eigenvalue weighted by Gasteiger charge is -2.19. The summed E-state index contributed by atoms with van der Waals surface area (Å²) in [5.74, 6) is 0.208. The van der Waals surface area contributed by atoms with Gasteiger partial charge < -0.3 is 4.52 Å². The highest BCUT2D eigenvalue weighted by Crippen LogP contribution is 2.47. The number of carbonyl (C=O) groups is 1. The monoisotopic (exact) mass is 304 g/mol. The molecule has 0 fully saturated rings. The van der Waals surface area contributed by atoms with Gasteiger partial charge in [0.25, 0.3) is 0 Å². The fourth-order valence-corrected chi connectivity index (χ4v) is 3.25. The maximum Gasteiger partial charge on any atom is 0.410 e. The minimum absolute atomic E-state index is 0.0682. The number of benzene rings is 2. The summed E-state index contributed by atoms with van der Waals surface area (Å²) in [6, 6.07) is 15.4. The van der Waals surface area contributed by atoms with Crippen molar-refractivity contribution in [3.63, 3.8) is 0 Å². The fraction of sp³-hybridized carbons (Fsp3) is 0.188. The number of rotatable bonds is 6. The minimum atomic E-state index is -3.50. The molecule has 2 aromatic carbocycles. The molecular weight excluding hydrogens is 287 g/mol. The molecule has 21 heavy (non-hydrogen) atoms. The van der Waals surface area contributed by atoms with Crippen LogP contribution in [0.1, 0.15) is 23.7 Å². The van der Waals surface area contributed by atoms with Crippen molar-refractivity contribution in [3.8, 4) is 5.75 Å². The zero-order valence-electron chi connectivity index (χ0n) is 12.0. The molecule has 0 aliphatic carbocycles. The van der Waals surface area contributed by atoms with Crippen molar-refractivity contribution in [1.82, 2.24) is 0 Å². The molecule has 0 heterocycles. The van der Waals surface area contributed by atoms with Crippen LogP contribution in [-0.2, 0) is 9.09 Å². The summed E-state index contributed by atoms with van der Waals surface area (Å²) in [5.41, 5.74) is 0.410. The van der Waals surface area contributed by atoms with Gasteiger partial charge in [0, 0.05) is 13.5 Å². The number of ketones is 1. The molecule has 0 aliphatic rings. The Morgan fingerprint density at radius 1 is 1.05 bits per heavy atom. The number of carbonyl (C=O) groups excluding carboxylic acids is 1. The van der Waals surface area contributed by atoms with E-state index in [0.717, 1.165) is 0 Å². The van der Waals surface area contributed by atoms with Crippen LogP contribution in [0.5, 0.6) is 5.75 Å². The summed E-state index contributed by atoms with van der Waals surface area (Å²) in [6.45, 7) is 1.77. The Morgan fingerprint density at radius 3 is 2.29 bits per heavy atom. The largest absolute Gasteiger partial charge is 0.420 e. The van der Waals surface area contributed by atoms with Crippen LogP contribution in [0.4, 0.5) is 0 Å². The van der Waals surface area contributed by atoms with Crippen LogP contribution < -0.4 is 9.83 Å². The van der Waals surface area contributed by atoms with Gasteiger partial charge in [-0.1, -0.05) is 37.3 Å². The van der Waals surface area contributed by atoms with Crippen molar-refractivity contribution in [3.05, 3.63) is 60.2 Å². The zero-order valence-corrected chi connectivity index (χ0v) is 12.9. The van der Waals surface area contributed by atoms with Gasteiger partial charge in [0.15, 0.2) is 5.78 Å². The third-order valence-electron chi connectivity index (χ3n) is 3.04. The summed E-state index contributed by atoms with van der Waals surface area (Å²) in [5, 5.41) is 0.450. The predicted molar refractivity (Wildman–Crippen MR) is 82.4 cm³/mol. The summed E-state index contributed by atoms with van der Waals surface area (Å²) >= 11 is 0. The average Bonchev–Trinajstić information content (AvgIpc) is 2.55. The molecule has 0 N–H and O–H groups in total. The molecule has 5 heteroatoms. The second-order valence-corrected chi connectivity index (χ2v) is 6.44. The van der Waals surface area contributed by atoms with Gasteiger partial charge in [-0.25, -0.2) is 4.57 Å². The third kappa shape index (κ3) is 3.41. The molecule has 0 aliphatic heterocycles. The van der Waals surface area contributed by atoms with E-state index in [4.69, 9.17) is 9.05 Å². The lowest BCUT2D eigenvalue weighted by molar-refractivity contribution is 0.0986. The zero-order chi connectivity index (χ0) is 15.3. The molecule has 0 saturated carbocycles. The van der Waals surface area contributed by atoms with Gasteiger partial charge in [-0.15, -0.1) is 0 Å². The lowest BCUT2D eigenvalue weighted by atomic mass is 10.1. The van der Waals surface area contributed by atoms with Gasteiger partial charge in [-0.3, -0.25) is 9.32 Å². The average molecular weight is 304 g/mol. The van der Waals surface area contributed by atoms with Gasteiger partial charge in [-0.05, 0) is 24.3 Å². The number of para-hydroxylation sites is 1. The normalized spacial score (nSPS) is 13.4. The van der Waals surface area contributed by atoms with Crippen molar-refractivity contribution < 1.29 is 18.4 Å². The van der Waals surface area contributed by atoms with E-state index in [0.29, 0.717) is 17.3 Å². The second-order valence-electron chi connectivity index (χ2n) is 4.38. The van der Waals surface area contributed by atoms with E-state index in [2.05, 4.69) is 0 Å². The highest BCUT2D eigenvalue weighted by molar-refractivity contribution is 7.62. The quantitative estimate of drug-likeness (QED) is 0.601. The summed E-state index contributed by atoms with van der Waals surface area (Å²) < 4.78 is 23.6. The van der Waals surface area contributed by atoms with Crippen LogP contribution in [0.15, 0.2) is 54.6 Å². The van der Waals surface area contributed by atoms with Crippen molar-refractivity contribution >= 4 is 18.7 Å². The molecule has 0 saturated heterocycles. The summed E-state index contributed by atoms with van der Waals surface area (Å²) in [4.78, 5) is 11.9. The Bertz CT molecular complexity index is 667. The molecule has 0 amide bonds. The van der Waals surface area contributed by atoms with E-state index in [9.17, 15) is 9.36 Å². The van der Waals surface area contributed by atoms with E-state index >= 15 is 0 Å². The second kappa shape index (κ2) is 6.70. The molecule has 0 spiro atoms. The highest BCUT2D eigenvalue weighted by Gasteiger charge is 2.29. The van der Waals surface area contributed by atoms with Gasteiger partial charge in [0.2, 0.25) is 0 Å². The number of hydrogen-bond acceptors (Lipinski definition) is 4. The lowest BCUT2D eigenvalue weighted by Crippen LogP contribution is -2.12. The molecule has 110 valence electrons. The minimum Gasteiger partial charge on any atom is -0.420 e. The molecule has 2 rings (SSSR count). The van der Waals surface area contributed by atoms with Gasteiger partial charge in [0.1, 0.15) is 5.75 Å². The maximum atomic E-state index is 12.9. The van der Waals surface area contributed by atoms with Gasteiger partial charge in [0.05, 0.1) is 10.9 Å². The van der Waals surface area contributed by atoms with Gasteiger partial charge in [-0.2, -0.15) is 0 Å². The van der Waals surface area contributed by atoms with E-state index in [-0.39, 0.29) is 11.5 Å². The maximum absolute atomic E-state index is 12.9. The first-order valence-corrected chi connectivity index (χ1v) is 8.18. The van der Waals surface area contributed by atoms with Crippen LogP contribution in [0.3, 0.4) is 0 Å². The van der Waals surface area contributed by atoms with Crippen LogP contribution >= 0.6 is 7.60 Å². The Labute approximate surface area is 124 Å². The molecule has 0 bridgehead atoms. The molecular formula is C16H17O4P. The topological polar surface area (TPSA) is 52.6 Å². The van der Waals surface area contributed by atoms with E-state index in [1.165, 1.54) is 7.11 Å². The predicted octanol–water partition coefficient (Wildman–Crippen LogP) is 3.82. The first kappa shape index (κ1) is 15.5. The van der Waals surface area contributed by atoms with Crippen molar-refractivity contribution in [2.45, 2.75) is 13.3 Å². The van der Waals surface area contributed by atoms with E-state index in [1.54, 1.807) is 55.5 Å². The smallest absolute Gasteiger partial charge is 0.410 e. The third-order valence-corrected chi connectivity index (χ3v) is 4.89. The Hall–Kier alpha value is -1.90. The SMILES string of the molecule is CCC(=O)c1ccccc1OP(=O)(OC)c1ccccc1. The molecule has 0 radical (unpaired) electrons. The van der Waals surface area contributed by atoms with Gasteiger partial charge >= 0.3 is 7.60 Å². The number of hydrogen-bond donors (Lipinski definition) is 0. The molecule has 4 nitrogen and oxygen atoms in total. The molecule has 1 unspecified atom stereocenters. The van der Waals surface area contributed by atoms with Crippen LogP contribution in [0.25, 0.3) is 0 Å². The van der Waals surface area contributed by atoms with Crippen LogP contribution in [0.2, 0.25) is 0 Å². The highest BCUT2D eigenvalue weighted by atomic mass is 31.2. The summed E-state index contributed by atoms with van der Waals surface area (Å²) in [6.07, 6.45) is 0.350. The molecule has 1 atom stereocenters. The molecule has 0 aromatic heterocycles. The molecule has 2 aromatic rings.